The second-order valence-corrected chi connectivity index (χ2v) is 8.81. The Kier molecular flexibility index (Phi) is 4.80. The van der Waals surface area contributed by atoms with Crippen LogP contribution in [0.2, 0.25) is 0 Å². The Bertz CT molecular complexity index is 1040. The zero-order valence-electron chi connectivity index (χ0n) is 16.1. The van der Waals surface area contributed by atoms with E-state index in [4.69, 9.17) is 0 Å². The number of carbonyl (C=O) groups is 1. The van der Waals surface area contributed by atoms with Gasteiger partial charge in [0, 0.05) is 24.9 Å². The van der Waals surface area contributed by atoms with E-state index < -0.39 is 0 Å². The van der Waals surface area contributed by atoms with Gasteiger partial charge in [0.15, 0.2) is 0 Å². The largest absolute Gasteiger partial charge is 0.341 e. The summed E-state index contributed by atoms with van der Waals surface area (Å²) >= 11 is 1.61. The highest BCUT2D eigenvalue weighted by molar-refractivity contribution is 7.16. The molecule has 1 aliphatic heterocycles. The van der Waals surface area contributed by atoms with Gasteiger partial charge < -0.3 is 4.90 Å². The maximum atomic E-state index is 13.0. The fourth-order valence-electron chi connectivity index (χ4n) is 4.29. The van der Waals surface area contributed by atoms with Gasteiger partial charge in [-0.3, -0.25) is 14.0 Å². The van der Waals surface area contributed by atoms with Crippen LogP contribution in [0.25, 0.3) is 15.7 Å². The van der Waals surface area contributed by atoms with E-state index in [0.717, 1.165) is 48.4 Å². The van der Waals surface area contributed by atoms with Crippen molar-refractivity contribution in [1.29, 1.82) is 0 Å². The quantitative estimate of drug-likeness (QED) is 0.692. The molecule has 1 aliphatic rings. The van der Waals surface area contributed by atoms with Crippen LogP contribution in [0, 0.1) is 11.8 Å². The molecule has 27 heavy (non-hydrogen) atoms. The van der Waals surface area contributed by atoms with Gasteiger partial charge in [-0.1, -0.05) is 20.8 Å². The molecule has 0 aromatic carbocycles. The molecule has 0 saturated carbocycles. The molecule has 1 amide bonds. The number of aryl methyl sites for hydroxylation is 1. The minimum atomic E-state index is -0.190. The lowest BCUT2D eigenvalue weighted by Crippen LogP contribution is -2.45. The lowest BCUT2D eigenvalue weighted by Gasteiger charge is -2.35. The van der Waals surface area contributed by atoms with E-state index in [-0.39, 0.29) is 18.0 Å². The van der Waals surface area contributed by atoms with Crippen molar-refractivity contribution in [2.75, 3.05) is 13.1 Å². The molecule has 6 nitrogen and oxygen atoms in total. The van der Waals surface area contributed by atoms with Crippen LogP contribution < -0.4 is 5.56 Å². The Morgan fingerprint density at radius 1 is 1.30 bits per heavy atom. The first-order chi connectivity index (χ1) is 13.0. The number of fused-ring (bicyclic) bond motifs is 3. The fourth-order valence-corrected chi connectivity index (χ4v) is 5.20. The summed E-state index contributed by atoms with van der Waals surface area (Å²) in [4.78, 5) is 28.8. The standard InChI is InChI=1S/C20H26N4O2S/c1-4-5-17-21-23(12-18(25)22-10-13(2)8-14(3)11-22)19(26)16-9-15-6-7-27-20(15)24(16)17/h6-7,9,13-14H,4-5,8,10-12H2,1-3H3/t13-,14+. The van der Waals surface area contributed by atoms with E-state index >= 15 is 0 Å². The van der Waals surface area contributed by atoms with Crippen molar-refractivity contribution in [3.05, 3.63) is 33.7 Å². The Morgan fingerprint density at radius 2 is 2.04 bits per heavy atom. The van der Waals surface area contributed by atoms with Crippen LogP contribution in [0.1, 0.15) is 39.4 Å². The second kappa shape index (κ2) is 7.11. The SMILES string of the molecule is CCCc1nn(CC(=O)N2C[C@H](C)C[C@H](C)C2)c(=O)c2cc3ccsc3n12. The van der Waals surface area contributed by atoms with Crippen molar-refractivity contribution >= 4 is 33.0 Å². The lowest BCUT2D eigenvalue weighted by molar-refractivity contribution is -0.134. The minimum Gasteiger partial charge on any atom is -0.341 e. The number of nitrogens with zero attached hydrogens (tertiary/aromatic N) is 4. The summed E-state index contributed by atoms with van der Waals surface area (Å²) in [7, 11) is 0. The van der Waals surface area contributed by atoms with Crippen LogP contribution in [0.15, 0.2) is 22.3 Å². The monoisotopic (exact) mass is 386 g/mol. The third-order valence-electron chi connectivity index (χ3n) is 5.34. The van der Waals surface area contributed by atoms with Gasteiger partial charge in [0.2, 0.25) is 5.91 Å². The number of hydrogen-bond acceptors (Lipinski definition) is 4. The zero-order chi connectivity index (χ0) is 19.1. The summed E-state index contributed by atoms with van der Waals surface area (Å²) in [5.74, 6) is 1.83. The molecule has 0 aliphatic carbocycles. The molecule has 0 radical (unpaired) electrons. The average molecular weight is 387 g/mol. The van der Waals surface area contributed by atoms with Gasteiger partial charge in [0.05, 0.1) is 0 Å². The lowest BCUT2D eigenvalue weighted by atomic mass is 9.92. The normalized spacial score (nSPS) is 20.6. The van der Waals surface area contributed by atoms with Gasteiger partial charge in [0.1, 0.15) is 22.7 Å². The third kappa shape index (κ3) is 3.29. The maximum Gasteiger partial charge on any atom is 0.291 e. The van der Waals surface area contributed by atoms with E-state index in [9.17, 15) is 9.59 Å². The first-order valence-electron chi connectivity index (χ1n) is 9.74. The van der Waals surface area contributed by atoms with Crippen molar-refractivity contribution in [1.82, 2.24) is 19.1 Å². The van der Waals surface area contributed by atoms with E-state index in [0.29, 0.717) is 17.4 Å². The highest BCUT2D eigenvalue weighted by Crippen LogP contribution is 2.25. The van der Waals surface area contributed by atoms with Gasteiger partial charge in [-0.2, -0.15) is 5.10 Å². The van der Waals surface area contributed by atoms with Crippen LogP contribution in [0.3, 0.4) is 0 Å². The average Bonchev–Trinajstić information content (AvgIpc) is 3.19. The molecule has 144 valence electrons. The molecule has 1 saturated heterocycles. The minimum absolute atomic E-state index is 0.0110. The number of carbonyl (C=O) groups excluding carboxylic acids is 1. The number of piperidine rings is 1. The van der Waals surface area contributed by atoms with Gasteiger partial charge in [-0.25, -0.2) is 4.68 Å². The van der Waals surface area contributed by atoms with Gasteiger partial charge in [-0.15, -0.1) is 11.3 Å². The van der Waals surface area contributed by atoms with Gasteiger partial charge >= 0.3 is 0 Å². The number of thiophene rings is 1. The molecule has 0 spiro atoms. The zero-order valence-corrected chi connectivity index (χ0v) is 17.0. The predicted molar refractivity (Wildman–Crippen MR) is 108 cm³/mol. The highest BCUT2D eigenvalue weighted by atomic mass is 32.1. The Balaban J connectivity index is 1.72. The van der Waals surface area contributed by atoms with Crippen molar-refractivity contribution < 1.29 is 4.79 Å². The Morgan fingerprint density at radius 3 is 2.74 bits per heavy atom. The predicted octanol–water partition coefficient (Wildman–Crippen LogP) is 3.17. The number of hydrogen-bond donors (Lipinski definition) is 0. The molecular formula is C20H26N4O2S. The maximum absolute atomic E-state index is 13.0. The summed E-state index contributed by atoms with van der Waals surface area (Å²) in [6.45, 7) is 8.01. The fraction of sp³-hybridized carbons (Fsp3) is 0.550. The summed E-state index contributed by atoms with van der Waals surface area (Å²) in [5.41, 5.74) is 0.424. The summed E-state index contributed by atoms with van der Waals surface area (Å²) in [5, 5.41) is 7.67. The number of amides is 1. The summed E-state index contributed by atoms with van der Waals surface area (Å²) in [6.07, 6.45) is 2.85. The van der Waals surface area contributed by atoms with Crippen molar-refractivity contribution in [3.63, 3.8) is 0 Å². The van der Waals surface area contributed by atoms with Crippen molar-refractivity contribution in [2.24, 2.45) is 11.8 Å². The number of likely N-dealkylation sites (tertiary alicyclic amines) is 1. The molecule has 7 heteroatoms. The molecule has 0 unspecified atom stereocenters. The summed E-state index contributed by atoms with van der Waals surface area (Å²) < 4.78 is 3.34. The van der Waals surface area contributed by atoms with Crippen LogP contribution in [-0.2, 0) is 17.8 Å². The third-order valence-corrected chi connectivity index (χ3v) is 6.25. The van der Waals surface area contributed by atoms with E-state index in [1.165, 1.54) is 4.68 Å². The molecule has 3 aromatic rings. The van der Waals surface area contributed by atoms with E-state index in [1.54, 1.807) is 11.3 Å². The van der Waals surface area contributed by atoms with Gasteiger partial charge in [0.25, 0.3) is 5.56 Å². The van der Waals surface area contributed by atoms with E-state index in [2.05, 4.69) is 25.9 Å². The number of rotatable bonds is 4. The van der Waals surface area contributed by atoms with Crippen molar-refractivity contribution in [2.45, 2.75) is 46.6 Å². The summed E-state index contributed by atoms with van der Waals surface area (Å²) in [6, 6.07) is 3.94. The van der Waals surface area contributed by atoms with Gasteiger partial charge in [-0.05, 0) is 42.2 Å². The van der Waals surface area contributed by atoms with Crippen LogP contribution in [-0.4, -0.2) is 38.1 Å². The first-order valence-corrected chi connectivity index (χ1v) is 10.6. The topological polar surface area (TPSA) is 59.6 Å². The molecule has 0 N–H and O–H groups in total. The molecule has 1 fully saturated rings. The van der Waals surface area contributed by atoms with Crippen LogP contribution in [0.4, 0.5) is 0 Å². The second-order valence-electron chi connectivity index (χ2n) is 7.92. The van der Waals surface area contributed by atoms with Crippen LogP contribution in [0.5, 0.6) is 0 Å². The number of aromatic nitrogens is 3. The highest BCUT2D eigenvalue weighted by Gasteiger charge is 2.26. The smallest absolute Gasteiger partial charge is 0.291 e. The Labute approximate surface area is 162 Å². The molecule has 3 aromatic heterocycles. The molecular weight excluding hydrogens is 360 g/mol. The first kappa shape index (κ1) is 18.2. The Hall–Kier alpha value is -2.15. The molecule has 4 heterocycles. The molecule has 0 bridgehead atoms. The molecule has 4 rings (SSSR count). The van der Waals surface area contributed by atoms with Crippen LogP contribution >= 0.6 is 11.3 Å². The van der Waals surface area contributed by atoms with Crippen molar-refractivity contribution in [3.8, 4) is 0 Å². The molecule has 2 atom stereocenters. The van der Waals surface area contributed by atoms with E-state index in [1.807, 2.05) is 26.8 Å².